The zero-order valence-corrected chi connectivity index (χ0v) is 6.19. The van der Waals surface area contributed by atoms with E-state index in [1.165, 1.54) is 0 Å². The third kappa shape index (κ3) is 5.10. The first-order valence-corrected chi connectivity index (χ1v) is 3.12. The molecule has 0 aromatic heterocycles. The van der Waals surface area contributed by atoms with Crippen molar-refractivity contribution >= 4 is 5.78 Å². The Labute approximate surface area is 56.5 Å². The molecule has 0 aromatic carbocycles. The van der Waals surface area contributed by atoms with Crippen LogP contribution in [0.4, 0.5) is 0 Å². The number of Topliss-reactive ketones (excluding diaryl/α,β-unsaturated/α-hetero) is 1. The molecule has 0 atom stereocenters. The van der Waals surface area contributed by atoms with Crippen LogP contribution in [0.25, 0.3) is 0 Å². The highest BCUT2D eigenvalue weighted by molar-refractivity contribution is 5.95. The van der Waals surface area contributed by atoms with Crippen LogP contribution in [-0.4, -0.2) is 5.78 Å². The van der Waals surface area contributed by atoms with E-state index in [0.29, 0.717) is 12.3 Å². The maximum absolute atomic E-state index is 10.7. The maximum Gasteiger partial charge on any atom is 0.205 e. The topological polar surface area (TPSA) is 17.1 Å². The van der Waals surface area contributed by atoms with Gasteiger partial charge in [-0.3, -0.25) is 4.79 Å². The lowest BCUT2D eigenvalue weighted by Crippen LogP contribution is -1.98. The summed E-state index contributed by atoms with van der Waals surface area (Å²) in [6.07, 6.45) is 0.584. The van der Waals surface area contributed by atoms with Crippen LogP contribution in [0, 0.1) is 17.8 Å². The van der Waals surface area contributed by atoms with Gasteiger partial charge in [0.05, 0.1) is 0 Å². The van der Waals surface area contributed by atoms with E-state index in [2.05, 4.69) is 11.8 Å². The first kappa shape index (κ1) is 8.23. The molecule has 0 saturated carbocycles. The highest BCUT2D eigenvalue weighted by Crippen LogP contribution is 1.98. The van der Waals surface area contributed by atoms with Gasteiger partial charge in [-0.05, 0) is 18.8 Å². The van der Waals surface area contributed by atoms with Gasteiger partial charge in [0.2, 0.25) is 5.78 Å². The van der Waals surface area contributed by atoms with Gasteiger partial charge >= 0.3 is 0 Å². The van der Waals surface area contributed by atoms with Crippen LogP contribution < -0.4 is 0 Å². The third-order valence-corrected chi connectivity index (χ3v) is 0.858. The van der Waals surface area contributed by atoms with Crippen molar-refractivity contribution in [2.45, 2.75) is 27.2 Å². The first-order valence-electron chi connectivity index (χ1n) is 3.12. The summed E-state index contributed by atoms with van der Waals surface area (Å²) in [5.74, 6) is 5.54. The van der Waals surface area contributed by atoms with Crippen molar-refractivity contribution in [3.8, 4) is 11.8 Å². The van der Waals surface area contributed by atoms with E-state index < -0.39 is 0 Å². The summed E-state index contributed by atoms with van der Waals surface area (Å²) in [6.45, 7) is 5.70. The molecule has 0 aliphatic carbocycles. The smallest absolute Gasteiger partial charge is 0.205 e. The summed E-state index contributed by atoms with van der Waals surface area (Å²) in [5, 5.41) is 0. The number of carbonyl (C=O) groups excluding carboxylic acids is 1. The molecule has 0 spiro atoms. The second-order valence-electron chi connectivity index (χ2n) is 2.40. The minimum absolute atomic E-state index is 0.0486. The number of hydrogen-bond donors (Lipinski definition) is 0. The Bertz CT molecular complexity index is 146. The number of rotatable bonds is 2. The third-order valence-electron chi connectivity index (χ3n) is 0.858. The van der Waals surface area contributed by atoms with E-state index >= 15 is 0 Å². The summed E-state index contributed by atoms with van der Waals surface area (Å²) in [7, 11) is 0. The SMILES string of the molecule is CC#CC(=O)CC(C)C. The highest BCUT2D eigenvalue weighted by Gasteiger charge is 1.99. The van der Waals surface area contributed by atoms with E-state index in [9.17, 15) is 4.79 Å². The van der Waals surface area contributed by atoms with Crippen LogP contribution >= 0.6 is 0 Å². The second-order valence-corrected chi connectivity index (χ2v) is 2.40. The Hall–Kier alpha value is -0.770. The Morgan fingerprint density at radius 2 is 2.11 bits per heavy atom. The molecule has 0 aromatic rings. The largest absolute Gasteiger partial charge is 0.285 e. The van der Waals surface area contributed by atoms with Gasteiger partial charge in [0, 0.05) is 6.42 Å². The summed E-state index contributed by atoms with van der Waals surface area (Å²) in [4.78, 5) is 10.7. The fourth-order valence-corrected chi connectivity index (χ4v) is 0.561. The zero-order chi connectivity index (χ0) is 7.28. The molecular formula is C8H12O. The molecule has 1 heteroatoms. The average Bonchev–Trinajstić information content (AvgIpc) is 1.63. The molecule has 0 unspecified atom stereocenters. The van der Waals surface area contributed by atoms with E-state index in [0.717, 1.165) is 0 Å². The monoisotopic (exact) mass is 124 g/mol. The van der Waals surface area contributed by atoms with Crippen LogP contribution in [0.2, 0.25) is 0 Å². The van der Waals surface area contributed by atoms with Gasteiger partial charge in [0.15, 0.2) is 0 Å². The fourth-order valence-electron chi connectivity index (χ4n) is 0.561. The Morgan fingerprint density at radius 1 is 1.56 bits per heavy atom. The van der Waals surface area contributed by atoms with Gasteiger partial charge in [-0.15, -0.1) is 0 Å². The zero-order valence-electron chi connectivity index (χ0n) is 6.19. The quantitative estimate of drug-likeness (QED) is 0.404. The van der Waals surface area contributed by atoms with E-state index in [1.54, 1.807) is 6.92 Å². The number of carbonyl (C=O) groups is 1. The van der Waals surface area contributed by atoms with Crippen molar-refractivity contribution in [2.75, 3.05) is 0 Å². The molecule has 0 amide bonds. The minimum Gasteiger partial charge on any atom is -0.285 e. The van der Waals surface area contributed by atoms with Crippen molar-refractivity contribution in [1.29, 1.82) is 0 Å². The Morgan fingerprint density at radius 3 is 2.44 bits per heavy atom. The summed E-state index contributed by atoms with van der Waals surface area (Å²) in [5.41, 5.74) is 0. The maximum atomic E-state index is 10.7. The Kier molecular flexibility index (Phi) is 3.79. The van der Waals surface area contributed by atoms with Crippen LogP contribution in [0.1, 0.15) is 27.2 Å². The summed E-state index contributed by atoms with van der Waals surface area (Å²) >= 11 is 0. The molecule has 0 radical (unpaired) electrons. The summed E-state index contributed by atoms with van der Waals surface area (Å²) in [6, 6.07) is 0. The predicted octanol–water partition coefficient (Wildman–Crippen LogP) is 1.62. The van der Waals surface area contributed by atoms with Crippen molar-refractivity contribution in [3.63, 3.8) is 0 Å². The number of hydrogen-bond acceptors (Lipinski definition) is 1. The van der Waals surface area contributed by atoms with E-state index in [1.807, 2.05) is 13.8 Å². The molecule has 0 aliphatic rings. The molecule has 0 fully saturated rings. The Balaban J connectivity index is 3.60. The lowest BCUT2D eigenvalue weighted by atomic mass is 10.1. The molecule has 0 aliphatic heterocycles. The van der Waals surface area contributed by atoms with Gasteiger partial charge in [-0.1, -0.05) is 19.8 Å². The second kappa shape index (κ2) is 4.14. The molecule has 0 saturated heterocycles. The molecule has 9 heavy (non-hydrogen) atoms. The normalized spacial score (nSPS) is 8.44. The molecular weight excluding hydrogens is 112 g/mol. The molecule has 0 heterocycles. The summed E-state index contributed by atoms with van der Waals surface area (Å²) < 4.78 is 0. The van der Waals surface area contributed by atoms with Gasteiger partial charge < -0.3 is 0 Å². The standard InChI is InChI=1S/C8H12O/c1-4-5-8(9)6-7(2)3/h7H,6H2,1-3H3. The molecule has 1 nitrogen and oxygen atoms in total. The average molecular weight is 124 g/mol. The molecule has 50 valence electrons. The molecule has 0 N–H and O–H groups in total. The molecule has 0 bridgehead atoms. The fraction of sp³-hybridized carbons (Fsp3) is 0.625. The van der Waals surface area contributed by atoms with Crippen molar-refractivity contribution in [3.05, 3.63) is 0 Å². The van der Waals surface area contributed by atoms with Crippen LogP contribution in [0.5, 0.6) is 0 Å². The predicted molar refractivity (Wildman–Crippen MR) is 37.9 cm³/mol. The highest BCUT2D eigenvalue weighted by atomic mass is 16.1. The van der Waals surface area contributed by atoms with Crippen molar-refractivity contribution in [1.82, 2.24) is 0 Å². The van der Waals surface area contributed by atoms with E-state index in [-0.39, 0.29) is 5.78 Å². The van der Waals surface area contributed by atoms with Gasteiger partial charge in [-0.2, -0.15) is 0 Å². The lowest BCUT2D eigenvalue weighted by Gasteiger charge is -1.95. The first-order chi connectivity index (χ1) is 4.16. The van der Waals surface area contributed by atoms with Crippen molar-refractivity contribution < 1.29 is 4.79 Å². The van der Waals surface area contributed by atoms with Crippen molar-refractivity contribution in [2.24, 2.45) is 5.92 Å². The van der Waals surface area contributed by atoms with Gasteiger partial charge in [0.1, 0.15) is 0 Å². The number of ketones is 1. The lowest BCUT2D eigenvalue weighted by molar-refractivity contribution is -0.114. The van der Waals surface area contributed by atoms with E-state index in [4.69, 9.17) is 0 Å². The van der Waals surface area contributed by atoms with Crippen LogP contribution in [0.3, 0.4) is 0 Å². The van der Waals surface area contributed by atoms with Crippen LogP contribution in [-0.2, 0) is 4.79 Å². The van der Waals surface area contributed by atoms with Gasteiger partial charge in [-0.25, -0.2) is 0 Å². The van der Waals surface area contributed by atoms with Crippen LogP contribution in [0.15, 0.2) is 0 Å². The minimum atomic E-state index is 0.0486. The van der Waals surface area contributed by atoms with Gasteiger partial charge in [0.25, 0.3) is 0 Å². The molecule has 0 rings (SSSR count).